The minimum atomic E-state index is 0.378. The van der Waals surface area contributed by atoms with Crippen molar-refractivity contribution in [1.29, 1.82) is 0 Å². The van der Waals surface area contributed by atoms with Gasteiger partial charge >= 0.3 is 0 Å². The van der Waals surface area contributed by atoms with Crippen LogP contribution in [-0.2, 0) is 6.42 Å². The van der Waals surface area contributed by atoms with Gasteiger partial charge in [-0.15, -0.1) is 11.6 Å². The molecule has 2 nitrogen and oxygen atoms in total. The van der Waals surface area contributed by atoms with Crippen LogP contribution in [0.2, 0.25) is 0 Å². The van der Waals surface area contributed by atoms with Crippen LogP contribution in [0, 0.1) is 11.8 Å². The van der Waals surface area contributed by atoms with Crippen LogP contribution >= 0.6 is 23.3 Å². The third-order valence-corrected chi connectivity index (χ3v) is 4.09. The largest absolute Gasteiger partial charge is 0.181 e. The van der Waals surface area contributed by atoms with E-state index in [4.69, 9.17) is 11.6 Å². The number of halogens is 1. The van der Waals surface area contributed by atoms with Gasteiger partial charge in [0, 0.05) is 5.38 Å². The van der Waals surface area contributed by atoms with Gasteiger partial charge in [-0.2, -0.15) is 8.75 Å². The van der Waals surface area contributed by atoms with E-state index in [0.717, 1.165) is 24.5 Å². The molecule has 3 unspecified atom stereocenters. The second kappa shape index (κ2) is 4.58. The van der Waals surface area contributed by atoms with Crippen LogP contribution in [0.4, 0.5) is 0 Å². The van der Waals surface area contributed by atoms with Crippen LogP contribution in [0.15, 0.2) is 6.20 Å². The highest BCUT2D eigenvalue weighted by Crippen LogP contribution is 2.34. The normalized spacial score (nSPS) is 33.1. The zero-order valence-corrected chi connectivity index (χ0v) is 9.89. The minimum Gasteiger partial charge on any atom is -0.181 e. The van der Waals surface area contributed by atoms with Crippen LogP contribution in [0.25, 0.3) is 0 Å². The van der Waals surface area contributed by atoms with Crippen molar-refractivity contribution in [2.45, 2.75) is 38.0 Å². The van der Waals surface area contributed by atoms with Crippen molar-refractivity contribution in [3.63, 3.8) is 0 Å². The lowest BCUT2D eigenvalue weighted by atomic mass is 9.78. The Morgan fingerprint density at radius 2 is 2.43 bits per heavy atom. The fourth-order valence-corrected chi connectivity index (χ4v) is 2.98. The van der Waals surface area contributed by atoms with Gasteiger partial charge in [-0.05, 0) is 37.5 Å². The van der Waals surface area contributed by atoms with Gasteiger partial charge < -0.3 is 0 Å². The summed E-state index contributed by atoms with van der Waals surface area (Å²) in [6, 6.07) is 0. The van der Waals surface area contributed by atoms with Crippen molar-refractivity contribution in [3.05, 3.63) is 11.9 Å². The number of nitrogens with zero attached hydrogens (tertiary/aromatic N) is 2. The SMILES string of the molecule is CC1CCC(Cl)CC1Cc1cnsn1. The molecule has 1 aliphatic carbocycles. The van der Waals surface area contributed by atoms with Crippen molar-refractivity contribution in [3.8, 4) is 0 Å². The summed E-state index contributed by atoms with van der Waals surface area (Å²) < 4.78 is 8.29. The van der Waals surface area contributed by atoms with Crippen molar-refractivity contribution in [2.75, 3.05) is 0 Å². The van der Waals surface area contributed by atoms with Crippen LogP contribution in [-0.4, -0.2) is 14.1 Å². The lowest BCUT2D eigenvalue weighted by molar-refractivity contribution is 0.257. The van der Waals surface area contributed by atoms with E-state index >= 15 is 0 Å². The Balaban J connectivity index is 1.95. The summed E-state index contributed by atoms with van der Waals surface area (Å²) in [5.74, 6) is 1.49. The van der Waals surface area contributed by atoms with Crippen LogP contribution in [0.5, 0.6) is 0 Å². The minimum absolute atomic E-state index is 0.378. The summed E-state index contributed by atoms with van der Waals surface area (Å²) in [6.45, 7) is 2.33. The first kappa shape index (κ1) is 10.4. The first-order valence-electron chi connectivity index (χ1n) is 5.16. The van der Waals surface area contributed by atoms with E-state index in [-0.39, 0.29) is 0 Å². The first-order valence-corrected chi connectivity index (χ1v) is 6.33. The molecule has 0 radical (unpaired) electrons. The van der Waals surface area contributed by atoms with E-state index in [0.29, 0.717) is 11.3 Å². The Bertz CT molecular complexity index is 276. The summed E-state index contributed by atoms with van der Waals surface area (Å²) in [7, 11) is 0. The maximum absolute atomic E-state index is 6.18. The fraction of sp³-hybridized carbons (Fsp3) is 0.800. The molecular weight excluding hydrogens is 216 g/mol. The fourth-order valence-electron chi connectivity index (χ4n) is 2.19. The molecule has 1 aromatic rings. The highest BCUT2D eigenvalue weighted by Gasteiger charge is 2.27. The van der Waals surface area contributed by atoms with E-state index in [9.17, 15) is 0 Å². The smallest absolute Gasteiger partial charge is 0.0745 e. The number of hydrogen-bond acceptors (Lipinski definition) is 3. The summed E-state index contributed by atoms with van der Waals surface area (Å²) in [5.41, 5.74) is 1.14. The third kappa shape index (κ3) is 2.45. The zero-order chi connectivity index (χ0) is 9.97. The van der Waals surface area contributed by atoms with Crippen molar-refractivity contribution in [2.24, 2.45) is 11.8 Å². The van der Waals surface area contributed by atoms with Crippen LogP contribution in [0.1, 0.15) is 31.9 Å². The Labute approximate surface area is 94.0 Å². The molecule has 4 heteroatoms. The third-order valence-electron chi connectivity index (χ3n) is 3.18. The van der Waals surface area contributed by atoms with Gasteiger partial charge in [0.2, 0.25) is 0 Å². The quantitative estimate of drug-likeness (QED) is 0.730. The standard InChI is InChI=1S/C10H15ClN2S/c1-7-2-3-9(11)4-8(7)5-10-6-12-14-13-10/h6-9H,2-5H2,1H3. The molecule has 1 heterocycles. The maximum atomic E-state index is 6.18. The molecule has 0 aromatic carbocycles. The average molecular weight is 231 g/mol. The molecule has 0 N–H and O–H groups in total. The molecule has 14 heavy (non-hydrogen) atoms. The number of rotatable bonds is 2. The zero-order valence-electron chi connectivity index (χ0n) is 8.32. The predicted molar refractivity (Wildman–Crippen MR) is 59.8 cm³/mol. The Morgan fingerprint density at radius 1 is 1.57 bits per heavy atom. The molecule has 78 valence electrons. The monoisotopic (exact) mass is 230 g/mol. The first-order chi connectivity index (χ1) is 6.75. The van der Waals surface area contributed by atoms with Gasteiger partial charge in [0.25, 0.3) is 0 Å². The Kier molecular flexibility index (Phi) is 3.39. The Hall–Kier alpha value is -0.150. The topological polar surface area (TPSA) is 25.8 Å². The highest BCUT2D eigenvalue weighted by molar-refractivity contribution is 6.99. The molecule has 1 fully saturated rings. The molecule has 3 atom stereocenters. The number of hydrogen-bond donors (Lipinski definition) is 0. The van der Waals surface area contributed by atoms with E-state index in [1.54, 1.807) is 0 Å². The average Bonchev–Trinajstić information content (AvgIpc) is 2.64. The molecule has 1 saturated carbocycles. The van der Waals surface area contributed by atoms with E-state index in [1.165, 1.54) is 24.6 Å². The van der Waals surface area contributed by atoms with Gasteiger partial charge in [-0.3, -0.25) is 0 Å². The molecular formula is C10H15ClN2S. The van der Waals surface area contributed by atoms with Gasteiger partial charge in [0.1, 0.15) is 0 Å². The lowest BCUT2D eigenvalue weighted by Crippen LogP contribution is -2.25. The van der Waals surface area contributed by atoms with Gasteiger partial charge in [0.15, 0.2) is 0 Å². The number of alkyl halides is 1. The second-order valence-corrected chi connectivity index (χ2v) is 5.42. The second-order valence-electron chi connectivity index (χ2n) is 4.25. The molecule has 1 aromatic heterocycles. The lowest BCUT2D eigenvalue weighted by Gasteiger charge is -2.31. The van der Waals surface area contributed by atoms with E-state index in [1.807, 2.05) is 6.20 Å². The van der Waals surface area contributed by atoms with Gasteiger partial charge in [-0.1, -0.05) is 6.92 Å². The van der Waals surface area contributed by atoms with Crippen LogP contribution in [0.3, 0.4) is 0 Å². The molecule has 0 amide bonds. The van der Waals surface area contributed by atoms with Crippen molar-refractivity contribution < 1.29 is 0 Å². The molecule has 0 bridgehead atoms. The van der Waals surface area contributed by atoms with E-state index < -0.39 is 0 Å². The van der Waals surface area contributed by atoms with E-state index in [2.05, 4.69) is 15.7 Å². The predicted octanol–water partition coefficient (Wildman–Crippen LogP) is 3.12. The highest BCUT2D eigenvalue weighted by atomic mass is 35.5. The summed E-state index contributed by atoms with van der Waals surface area (Å²) in [5, 5.41) is 0.378. The molecule has 0 saturated heterocycles. The summed E-state index contributed by atoms with van der Waals surface area (Å²) in [6.07, 6.45) is 6.52. The summed E-state index contributed by atoms with van der Waals surface area (Å²) >= 11 is 7.48. The molecule has 1 aliphatic rings. The van der Waals surface area contributed by atoms with Crippen LogP contribution < -0.4 is 0 Å². The maximum Gasteiger partial charge on any atom is 0.0745 e. The Morgan fingerprint density at radius 3 is 3.14 bits per heavy atom. The molecule has 0 spiro atoms. The van der Waals surface area contributed by atoms with Gasteiger partial charge in [-0.25, -0.2) is 0 Å². The molecule has 2 rings (SSSR count). The van der Waals surface area contributed by atoms with Crippen molar-refractivity contribution >= 4 is 23.3 Å². The van der Waals surface area contributed by atoms with Gasteiger partial charge in [0.05, 0.1) is 23.6 Å². The van der Waals surface area contributed by atoms with Crippen molar-refractivity contribution in [1.82, 2.24) is 8.75 Å². The molecule has 0 aliphatic heterocycles. The summed E-state index contributed by atoms with van der Waals surface area (Å²) in [4.78, 5) is 0. The number of aromatic nitrogens is 2.